The molecule has 5 rings (SSSR count). The first-order valence-corrected chi connectivity index (χ1v) is 12.5. The first-order chi connectivity index (χ1) is 16.8. The molecule has 8 heteroatoms. The highest BCUT2D eigenvalue weighted by Gasteiger charge is 2.41. The molecule has 0 aliphatic carbocycles. The van der Waals surface area contributed by atoms with Gasteiger partial charge in [0.15, 0.2) is 5.65 Å². The van der Waals surface area contributed by atoms with Crippen LogP contribution in [0.25, 0.3) is 16.7 Å². The highest BCUT2D eigenvalue weighted by atomic mass is 16.1. The Hall–Kier alpha value is -3.52. The van der Waals surface area contributed by atoms with E-state index >= 15 is 0 Å². The van der Waals surface area contributed by atoms with Crippen LogP contribution in [-0.4, -0.2) is 24.3 Å². The average Bonchev–Trinajstić information content (AvgIpc) is 3.18. The second kappa shape index (κ2) is 8.00. The summed E-state index contributed by atoms with van der Waals surface area (Å²) in [5.74, 6) is 0.442. The van der Waals surface area contributed by atoms with Gasteiger partial charge < -0.3 is 5.32 Å². The summed E-state index contributed by atoms with van der Waals surface area (Å²) in [6.45, 7) is 17.6. The molecule has 0 radical (unpaired) electrons. The van der Waals surface area contributed by atoms with Crippen molar-refractivity contribution in [1.82, 2.24) is 29.6 Å². The monoisotopic (exact) mass is 485 g/mol. The maximum atomic E-state index is 13.2. The molecule has 36 heavy (non-hydrogen) atoms. The molecule has 4 aromatic rings. The molecule has 0 saturated carbocycles. The lowest BCUT2D eigenvalue weighted by Crippen LogP contribution is -2.39. The van der Waals surface area contributed by atoms with Crippen molar-refractivity contribution >= 4 is 22.7 Å². The lowest BCUT2D eigenvalue weighted by Gasteiger charge is -2.25. The van der Waals surface area contributed by atoms with Crippen LogP contribution in [0.4, 0.5) is 11.6 Å². The molecule has 188 valence electrons. The minimum Gasteiger partial charge on any atom is -0.324 e. The summed E-state index contributed by atoms with van der Waals surface area (Å²) < 4.78 is 3.57. The molecule has 1 aliphatic rings. The number of aromatic nitrogens is 5. The summed E-state index contributed by atoms with van der Waals surface area (Å²) in [4.78, 5) is 27.0. The topological polar surface area (TPSA) is 89.7 Å². The van der Waals surface area contributed by atoms with Crippen molar-refractivity contribution in [2.45, 2.75) is 78.4 Å². The Morgan fingerprint density at radius 2 is 1.72 bits per heavy atom. The van der Waals surface area contributed by atoms with Crippen LogP contribution in [-0.2, 0) is 23.0 Å². The Morgan fingerprint density at radius 3 is 2.42 bits per heavy atom. The fourth-order valence-corrected chi connectivity index (χ4v) is 5.33. The van der Waals surface area contributed by atoms with Gasteiger partial charge in [0.2, 0.25) is 5.95 Å². The lowest BCUT2D eigenvalue weighted by atomic mass is 9.90. The number of pyridine rings is 1. The number of anilines is 2. The van der Waals surface area contributed by atoms with Crippen molar-refractivity contribution in [3.63, 3.8) is 0 Å². The number of nitrogens with zero attached hydrogens (tertiary/aromatic N) is 5. The zero-order valence-corrected chi connectivity index (χ0v) is 22.4. The molecule has 1 aliphatic heterocycles. The van der Waals surface area contributed by atoms with Gasteiger partial charge >= 0.3 is 0 Å². The van der Waals surface area contributed by atoms with Crippen molar-refractivity contribution in [2.24, 2.45) is 0 Å². The summed E-state index contributed by atoms with van der Waals surface area (Å²) in [5.41, 5.74) is 5.33. The third-order valence-electron chi connectivity index (χ3n) is 6.98. The van der Waals surface area contributed by atoms with E-state index in [2.05, 4.69) is 87.3 Å². The SMILES string of the molecule is CCn1c(=O)c2cnc(Nc3ccc4c(c3)C(C)(C)NC4(C)C)nc2n1-c1ccnc(C(C)(C)C)c1. The van der Waals surface area contributed by atoms with E-state index in [1.165, 1.54) is 11.1 Å². The van der Waals surface area contributed by atoms with Crippen LogP contribution < -0.4 is 16.2 Å². The van der Waals surface area contributed by atoms with E-state index in [9.17, 15) is 4.79 Å². The van der Waals surface area contributed by atoms with Gasteiger partial charge in [-0.25, -0.2) is 14.3 Å². The third-order valence-corrected chi connectivity index (χ3v) is 6.98. The Bertz CT molecular complexity index is 1540. The van der Waals surface area contributed by atoms with Gasteiger partial charge in [-0.05, 0) is 70.0 Å². The molecular formula is C28H35N7O. The summed E-state index contributed by atoms with van der Waals surface area (Å²) in [7, 11) is 0. The summed E-state index contributed by atoms with van der Waals surface area (Å²) in [6.07, 6.45) is 3.40. The number of benzene rings is 1. The van der Waals surface area contributed by atoms with Crippen LogP contribution in [0.1, 0.15) is 72.2 Å². The highest BCUT2D eigenvalue weighted by molar-refractivity contribution is 5.77. The molecule has 0 saturated heterocycles. The minimum atomic E-state index is -0.147. The fourth-order valence-electron chi connectivity index (χ4n) is 5.33. The van der Waals surface area contributed by atoms with Crippen molar-refractivity contribution < 1.29 is 0 Å². The van der Waals surface area contributed by atoms with E-state index in [1.54, 1.807) is 17.1 Å². The number of fused-ring (bicyclic) bond motifs is 2. The highest BCUT2D eigenvalue weighted by Crippen LogP contribution is 2.42. The molecule has 8 nitrogen and oxygen atoms in total. The molecule has 3 aromatic heterocycles. The molecule has 0 atom stereocenters. The number of hydrogen-bond acceptors (Lipinski definition) is 6. The van der Waals surface area contributed by atoms with Crippen molar-refractivity contribution in [3.05, 3.63) is 69.9 Å². The van der Waals surface area contributed by atoms with Gasteiger partial charge in [0.05, 0.1) is 5.69 Å². The second-order valence-electron chi connectivity index (χ2n) is 11.7. The molecule has 2 N–H and O–H groups in total. The smallest absolute Gasteiger partial charge is 0.278 e. The van der Waals surface area contributed by atoms with Crippen LogP contribution in [0.3, 0.4) is 0 Å². The van der Waals surface area contributed by atoms with Gasteiger partial charge in [-0.15, -0.1) is 0 Å². The largest absolute Gasteiger partial charge is 0.324 e. The van der Waals surface area contributed by atoms with Gasteiger partial charge in [-0.3, -0.25) is 15.1 Å². The van der Waals surface area contributed by atoms with Crippen molar-refractivity contribution in [2.75, 3.05) is 5.32 Å². The number of rotatable bonds is 4. The molecule has 0 fully saturated rings. The first kappa shape index (κ1) is 24.2. The predicted octanol–water partition coefficient (Wildman–Crippen LogP) is 5.11. The molecule has 0 bridgehead atoms. The number of hydrogen-bond donors (Lipinski definition) is 2. The van der Waals surface area contributed by atoms with Gasteiger partial charge in [-0.1, -0.05) is 26.8 Å². The van der Waals surface area contributed by atoms with E-state index in [1.807, 2.05) is 23.7 Å². The van der Waals surface area contributed by atoms with Crippen molar-refractivity contribution in [1.29, 1.82) is 0 Å². The van der Waals surface area contributed by atoms with Gasteiger partial charge in [0.25, 0.3) is 5.56 Å². The quantitative estimate of drug-likeness (QED) is 0.417. The Kier molecular flexibility index (Phi) is 5.37. The van der Waals surface area contributed by atoms with E-state index in [0.717, 1.165) is 17.1 Å². The summed E-state index contributed by atoms with van der Waals surface area (Å²) in [6, 6.07) is 10.3. The second-order valence-corrected chi connectivity index (χ2v) is 11.7. The predicted molar refractivity (Wildman–Crippen MR) is 144 cm³/mol. The van der Waals surface area contributed by atoms with Crippen LogP contribution in [0, 0.1) is 0 Å². The number of nitrogens with one attached hydrogen (secondary N) is 2. The average molecular weight is 486 g/mol. The van der Waals surface area contributed by atoms with Crippen LogP contribution >= 0.6 is 0 Å². The fraction of sp³-hybridized carbons (Fsp3) is 0.429. The van der Waals surface area contributed by atoms with E-state index in [0.29, 0.717) is 23.5 Å². The van der Waals surface area contributed by atoms with Crippen LogP contribution in [0.2, 0.25) is 0 Å². The van der Waals surface area contributed by atoms with E-state index < -0.39 is 0 Å². The molecular weight excluding hydrogens is 450 g/mol. The van der Waals surface area contributed by atoms with Crippen LogP contribution in [0.15, 0.2) is 47.5 Å². The zero-order valence-electron chi connectivity index (χ0n) is 22.4. The maximum Gasteiger partial charge on any atom is 0.278 e. The van der Waals surface area contributed by atoms with E-state index in [4.69, 9.17) is 4.98 Å². The Morgan fingerprint density at radius 1 is 1.00 bits per heavy atom. The van der Waals surface area contributed by atoms with Gasteiger partial charge in [-0.2, -0.15) is 4.98 Å². The van der Waals surface area contributed by atoms with E-state index in [-0.39, 0.29) is 22.1 Å². The molecule has 0 amide bonds. The molecule has 0 unspecified atom stereocenters. The summed E-state index contributed by atoms with van der Waals surface area (Å²) >= 11 is 0. The zero-order chi connectivity index (χ0) is 26.0. The first-order valence-electron chi connectivity index (χ1n) is 12.5. The van der Waals surface area contributed by atoms with Crippen LogP contribution in [0.5, 0.6) is 0 Å². The Balaban J connectivity index is 1.61. The van der Waals surface area contributed by atoms with Gasteiger partial charge in [0.1, 0.15) is 5.39 Å². The third kappa shape index (κ3) is 3.89. The minimum absolute atomic E-state index is 0.0949. The maximum absolute atomic E-state index is 13.2. The lowest BCUT2D eigenvalue weighted by molar-refractivity contribution is 0.319. The standard InChI is InChI=1S/C28H35N7O/c1-9-34-24(36)19-16-30-25(31-17-10-11-20-21(14-17)28(7,8)33-27(20,5)6)32-23(19)35(34)18-12-13-29-22(15-18)26(2,3)4/h10-16,33H,9H2,1-8H3,(H,30,31,32). The summed E-state index contributed by atoms with van der Waals surface area (Å²) in [5, 5.41) is 7.55. The van der Waals surface area contributed by atoms with Gasteiger partial charge in [0, 0.05) is 46.8 Å². The van der Waals surface area contributed by atoms with Crippen molar-refractivity contribution in [3.8, 4) is 5.69 Å². The normalized spacial score (nSPS) is 16.3. The molecule has 0 spiro atoms. The Labute approximate surface area is 211 Å². The molecule has 4 heterocycles. The molecule has 1 aromatic carbocycles.